The Morgan fingerprint density at radius 1 is 1.16 bits per heavy atom. The zero-order valence-corrected chi connectivity index (χ0v) is 11.3. The van der Waals surface area contributed by atoms with Crippen LogP contribution in [0.1, 0.15) is 29.7 Å². The van der Waals surface area contributed by atoms with E-state index in [0.717, 1.165) is 5.56 Å². The summed E-state index contributed by atoms with van der Waals surface area (Å²) < 4.78 is 19.3. The van der Waals surface area contributed by atoms with Gasteiger partial charge in [-0.25, -0.2) is 4.39 Å². The molecule has 1 N–H and O–H groups in total. The molecular weight excluding hydrogens is 243 g/mol. The molecule has 19 heavy (non-hydrogen) atoms. The van der Waals surface area contributed by atoms with E-state index in [4.69, 9.17) is 4.74 Å². The fraction of sp³-hybridized carbons (Fsp3) is 0.250. The molecule has 2 rings (SSSR count). The van der Waals surface area contributed by atoms with Crippen molar-refractivity contribution in [3.05, 3.63) is 58.9 Å². The molecule has 0 radical (unpaired) electrons. The largest absolute Gasteiger partial charge is 0.457 e. The van der Waals surface area contributed by atoms with Gasteiger partial charge >= 0.3 is 0 Å². The van der Waals surface area contributed by atoms with Crippen molar-refractivity contribution in [3.63, 3.8) is 0 Å². The quantitative estimate of drug-likeness (QED) is 0.892. The van der Waals surface area contributed by atoms with Gasteiger partial charge in [0, 0.05) is 5.56 Å². The lowest BCUT2D eigenvalue weighted by Gasteiger charge is -2.15. The van der Waals surface area contributed by atoms with Gasteiger partial charge in [0.05, 0.1) is 6.10 Å². The van der Waals surface area contributed by atoms with Crippen LogP contribution in [-0.4, -0.2) is 5.11 Å². The van der Waals surface area contributed by atoms with E-state index in [9.17, 15) is 9.50 Å². The highest BCUT2D eigenvalue weighted by atomic mass is 19.1. The Balaban J connectivity index is 2.41. The highest BCUT2D eigenvalue weighted by Crippen LogP contribution is 2.32. The van der Waals surface area contributed by atoms with Crippen molar-refractivity contribution in [3.8, 4) is 11.5 Å². The maximum atomic E-state index is 13.6. The lowest BCUT2D eigenvalue weighted by Crippen LogP contribution is -1.99. The number of benzene rings is 2. The molecule has 0 aliphatic carbocycles. The minimum Gasteiger partial charge on any atom is -0.457 e. The molecule has 3 heteroatoms. The minimum atomic E-state index is -0.782. The molecular formula is C16H17FO2. The molecule has 2 aromatic carbocycles. The smallest absolute Gasteiger partial charge is 0.133 e. The molecule has 2 aromatic rings. The van der Waals surface area contributed by atoms with Crippen LogP contribution in [0.15, 0.2) is 36.4 Å². The van der Waals surface area contributed by atoms with Gasteiger partial charge in [-0.3, -0.25) is 0 Å². The molecule has 0 aliphatic rings. The number of halogens is 1. The molecule has 0 fully saturated rings. The van der Waals surface area contributed by atoms with Crippen molar-refractivity contribution in [2.24, 2.45) is 0 Å². The number of hydrogen-bond acceptors (Lipinski definition) is 2. The molecule has 0 saturated heterocycles. The van der Waals surface area contributed by atoms with E-state index in [2.05, 4.69) is 0 Å². The van der Waals surface area contributed by atoms with Crippen molar-refractivity contribution < 1.29 is 14.2 Å². The van der Waals surface area contributed by atoms with Crippen molar-refractivity contribution in [1.29, 1.82) is 0 Å². The fourth-order valence-corrected chi connectivity index (χ4v) is 1.89. The summed E-state index contributed by atoms with van der Waals surface area (Å²) in [5, 5.41) is 9.71. The van der Waals surface area contributed by atoms with Crippen LogP contribution in [0, 0.1) is 19.7 Å². The highest BCUT2D eigenvalue weighted by Gasteiger charge is 2.13. The number of ether oxygens (including phenoxy) is 1. The zero-order valence-electron chi connectivity index (χ0n) is 11.3. The van der Waals surface area contributed by atoms with E-state index in [-0.39, 0.29) is 5.82 Å². The zero-order chi connectivity index (χ0) is 14.0. The average Bonchev–Trinajstić information content (AvgIpc) is 2.33. The van der Waals surface area contributed by atoms with Gasteiger partial charge in [-0.2, -0.15) is 0 Å². The molecule has 0 saturated carbocycles. The second-order valence-electron chi connectivity index (χ2n) is 4.73. The second kappa shape index (κ2) is 5.41. The third-order valence-corrected chi connectivity index (χ3v) is 2.96. The summed E-state index contributed by atoms with van der Waals surface area (Å²) in [5.74, 6) is 0.819. The van der Waals surface area contributed by atoms with E-state index >= 15 is 0 Å². The van der Waals surface area contributed by atoms with Gasteiger partial charge in [-0.05, 0) is 56.2 Å². The van der Waals surface area contributed by atoms with E-state index in [1.165, 1.54) is 6.07 Å². The van der Waals surface area contributed by atoms with Crippen LogP contribution < -0.4 is 4.74 Å². The third kappa shape index (κ3) is 3.12. The SMILES string of the molecule is Cc1cccc(Oc2cc(C)c(F)cc2[C@H](C)O)c1. The average molecular weight is 260 g/mol. The standard InChI is InChI=1S/C16H17FO2/c1-10-5-4-6-13(7-10)19-16-8-11(2)15(17)9-14(16)12(3)18/h4-9,12,18H,1-3H3/t12-/m0/s1. The van der Waals surface area contributed by atoms with Crippen LogP contribution in [-0.2, 0) is 0 Å². The van der Waals surface area contributed by atoms with E-state index in [1.807, 2.05) is 31.2 Å². The van der Waals surface area contributed by atoms with Crippen LogP contribution in [0.2, 0.25) is 0 Å². The Morgan fingerprint density at radius 3 is 2.53 bits per heavy atom. The minimum absolute atomic E-state index is 0.340. The first-order valence-corrected chi connectivity index (χ1v) is 6.20. The van der Waals surface area contributed by atoms with Crippen LogP contribution in [0.3, 0.4) is 0 Å². The topological polar surface area (TPSA) is 29.5 Å². The Morgan fingerprint density at radius 2 is 1.89 bits per heavy atom. The fourth-order valence-electron chi connectivity index (χ4n) is 1.89. The highest BCUT2D eigenvalue weighted by molar-refractivity contribution is 5.42. The number of aryl methyl sites for hydroxylation is 2. The first kappa shape index (κ1) is 13.6. The summed E-state index contributed by atoms with van der Waals surface area (Å²) in [6.07, 6.45) is -0.782. The Kier molecular flexibility index (Phi) is 3.86. The van der Waals surface area contributed by atoms with E-state index in [0.29, 0.717) is 22.6 Å². The maximum absolute atomic E-state index is 13.6. The van der Waals surface area contributed by atoms with Gasteiger partial charge < -0.3 is 9.84 Å². The molecule has 2 nitrogen and oxygen atoms in total. The summed E-state index contributed by atoms with van der Waals surface area (Å²) in [5.41, 5.74) is 2.02. The monoisotopic (exact) mass is 260 g/mol. The summed E-state index contributed by atoms with van der Waals surface area (Å²) >= 11 is 0. The van der Waals surface area contributed by atoms with Gasteiger partial charge in [0.25, 0.3) is 0 Å². The molecule has 1 atom stereocenters. The molecule has 0 unspecified atom stereocenters. The molecule has 0 aliphatic heterocycles. The van der Waals surface area contributed by atoms with E-state index in [1.54, 1.807) is 19.9 Å². The first-order valence-electron chi connectivity index (χ1n) is 6.20. The van der Waals surface area contributed by atoms with Crippen LogP contribution in [0.4, 0.5) is 4.39 Å². The van der Waals surface area contributed by atoms with Gasteiger partial charge in [0.1, 0.15) is 17.3 Å². The molecule has 0 amide bonds. The van der Waals surface area contributed by atoms with Crippen LogP contribution in [0.5, 0.6) is 11.5 Å². The Bertz CT molecular complexity index is 591. The summed E-state index contributed by atoms with van der Waals surface area (Å²) in [6, 6.07) is 10.5. The summed E-state index contributed by atoms with van der Waals surface area (Å²) in [4.78, 5) is 0. The summed E-state index contributed by atoms with van der Waals surface area (Å²) in [7, 11) is 0. The molecule has 0 aromatic heterocycles. The van der Waals surface area contributed by atoms with E-state index < -0.39 is 6.10 Å². The van der Waals surface area contributed by atoms with Crippen LogP contribution >= 0.6 is 0 Å². The number of rotatable bonds is 3. The van der Waals surface area contributed by atoms with Crippen LogP contribution in [0.25, 0.3) is 0 Å². The molecule has 100 valence electrons. The van der Waals surface area contributed by atoms with Gasteiger partial charge in [-0.1, -0.05) is 12.1 Å². The molecule has 0 heterocycles. The van der Waals surface area contributed by atoms with Gasteiger partial charge in [0.2, 0.25) is 0 Å². The molecule has 0 bridgehead atoms. The number of hydrogen-bond donors (Lipinski definition) is 1. The van der Waals surface area contributed by atoms with Gasteiger partial charge in [-0.15, -0.1) is 0 Å². The Labute approximate surface area is 112 Å². The number of aliphatic hydroxyl groups is 1. The van der Waals surface area contributed by atoms with Crippen molar-refractivity contribution in [2.45, 2.75) is 26.9 Å². The van der Waals surface area contributed by atoms with Crippen molar-refractivity contribution >= 4 is 0 Å². The van der Waals surface area contributed by atoms with Crippen molar-refractivity contribution in [2.75, 3.05) is 0 Å². The predicted molar refractivity (Wildman–Crippen MR) is 73.0 cm³/mol. The third-order valence-electron chi connectivity index (χ3n) is 2.96. The second-order valence-corrected chi connectivity index (χ2v) is 4.73. The molecule has 0 spiro atoms. The lowest BCUT2D eigenvalue weighted by molar-refractivity contribution is 0.195. The maximum Gasteiger partial charge on any atom is 0.133 e. The summed E-state index contributed by atoms with van der Waals surface area (Å²) in [6.45, 7) is 5.23. The normalized spacial score (nSPS) is 12.3. The first-order chi connectivity index (χ1) is 8.97. The number of aliphatic hydroxyl groups excluding tert-OH is 1. The Hall–Kier alpha value is -1.87. The predicted octanol–water partition coefficient (Wildman–Crippen LogP) is 4.29. The lowest BCUT2D eigenvalue weighted by atomic mass is 10.1. The van der Waals surface area contributed by atoms with Crippen molar-refractivity contribution in [1.82, 2.24) is 0 Å². The van der Waals surface area contributed by atoms with Gasteiger partial charge in [0.15, 0.2) is 0 Å².